The average Bonchev–Trinajstić information content (AvgIpc) is 1.65. The molecule has 2 heteroatoms. The van der Waals surface area contributed by atoms with Crippen LogP contribution in [0.15, 0.2) is 24.4 Å². The predicted octanol–water partition coefficient (Wildman–Crippen LogP) is 0.829. The Morgan fingerprint density at radius 2 is 2.00 bits per heavy atom. The van der Waals surface area contributed by atoms with Crippen molar-refractivity contribution < 1.29 is 4.74 Å². The molecule has 0 aliphatic carbocycles. The van der Waals surface area contributed by atoms with Crippen LogP contribution in [-0.2, 0) is 4.74 Å². The Balaban J connectivity index is 3.58. The molecule has 0 fully saturated rings. The van der Waals surface area contributed by atoms with Gasteiger partial charge in [0.05, 0.1) is 7.11 Å². The monoisotopic (exact) mass is 94.1 g/mol. The Morgan fingerprint density at radius 1 is 1.57 bits per heavy atom. The summed E-state index contributed by atoms with van der Waals surface area (Å²) >= 11 is 0. The second-order valence-corrected chi connectivity index (χ2v) is 1.15. The van der Waals surface area contributed by atoms with Crippen LogP contribution in [0.5, 0.6) is 0 Å². The molecule has 0 N–H and O–H groups in total. The van der Waals surface area contributed by atoms with Crippen LogP contribution < -0.4 is 0 Å². The van der Waals surface area contributed by atoms with Crippen LogP contribution in [-0.4, -0.2) is 15.0 Å². The summed E-state index contributed by atoms with van der Waals surface area (Å²) in [6.07, 6.45) is 0. The molecule has 2 radical (unpaired) electrons. The van der Waals surface area contributed by atoms with E-state index in [2.05, 4.69) is 17.9 Å². The third-order valence-electron chi connectivity index (χ3n) is 0.605. The summed E-state index contributed by atoms with van der Waals surface area (Å²) in [6.45, 7) is 6.81. The molecule has 36 valence electrons. The fourth-order valence-electron chi connectivity index (χ4n) is 0.131. The molecule has 0 saturated carbocycles. The van der Waals surface area contributed by atoms with Gasteiger partial charge in [0.2, 0.25) is 0 Å². The van der Waals surface area contributed by atoms with Crippen LogP contribution in [0.1, 0.15) is 0 Å². The summed E-state index contributed by atoms with van der Waals surface area (Å²) in [5.74, 6) is 0.431. The highest BCUT2D eigenvalue weighted by molar-refractivity contribution is 6.23. The van der Waals surface area contributed by atoms with E-state index in [4.69, 9.17) is 7.85 Å². The van der Waals surface area contributed by atoms with Crippen LogP contribution in [0.25, 0.3) is 0 Å². The van der Waals surface area contributed by atoms with Crippen molar-refractivity contribution in [3.63, 3.8) is 0 Å². The van der Waals surface area contributed by atoms with E-state index in [1.807, 2.05) is 0 Å². The Hall–Kier alpha value is -0.655. The van der Waals surface area contributed by atoms with E-state index in [0.29, 0.717) is 11.2 Å². The lowest BCUT2D eigenvalue weighted by atomic mass is 9.97. The van der Waals surface area contributed by atoms with Crippen LogP contribution in [0.3, 0.4) is 0 Å². The molecule has 0 saturated heterocycles. The molecule has 7 heavy (non-hydrogen) atoms. The molecule has 0 heterocycles. The van der Waals surface area contributed by atoms with Crippen molar-refractivity contribution in [2.45, 2.75) is 0 Å². The largest absolute Gasteiger partial charge is 0.498 e. The number of ether oxygens (including phenoxy) is 1. The van der Waals surface area contributed by atoms with Gasteiger partial charge in [0.1, 0.15) is 13.6 Å². The molecule has 0 aliphatic rings. The van der Waals surface area contributed by atoms with Crippen molar-refractivity contribution in [2.24, 2.45) is 0 Å². The Labute approximate surface area is 45.1 Å². The van der Waals surface area contributed by atoms with Crippen molar-refractivity contribution in [3.05, 3.63) is 24.4 Å². The molecule has 0 aromatic rings. The zero-order chi connectivity index (χ0) is 5.86. The highest BCUT2D eigenvalue weighted by Gasteiger charge is 1.85. The van der Waals surface area contributed by atoms with Crippen molar-refractivity contribution in [2.75, 3.05) is 7.11 Å². The van der Waals surface area contributed by atoms with Crippen molar-refractivity contribution in [1.82, 2.24) is 0 Å². The lowest BCUT2D eigenvalue weighted by molar-refractivity contribution is 0.307. The van der Waals surface area contributed by atoms with Gasteiger partial charge < -0.3 is 4.74 Å². The number of hydrogen-bond donors (Lipinski definition) is 0. The third-order valence-corrected chi connectivity index (χ3v) is 0.605. The van der Waals surface area contributed by atoms with E-state index < -0.39 is 0 Å². The summed E-state index contributed by atoms with van der Waals surface area (Å²) in [6, 6.07) is 0. The van der Waals surface area contributed by atoms with E-state index >= 15 is 0 Å². The first-order valence-corrected chi connectivity index (χ1v) is 1.86. The summed E-state index contributed by atoms with van der Waals surface area (Å²) < 4.78 is 4.59. The number of methoxy groups -OCH3 is 1. The number of hydrogen-bond acceptors (Lipinski definition) is 1. The lowest BCUT2D eigenvalue weighted by Gasteiger charge is -1.99. The van der Waals surface area contributed by atoms with Gasteiger partial charge in [0.25, 0.3) is 0 Å². The van der Waals surface area contributed by atoms with Crippen LogP contribution >= 0.6 is 0 Å². The smallest absolute Gasteiger partial charge is 0.118 e. The zero-order valence-corrected chi connectivity index (χ0v) is 4.40. The summed E-state index contributed by atoms with van der Waals surface area (Å²) in [5.41, 5.74) is 0.377. The molecule has 0 spiro atoms. The summed E-state index contributed by atoms with van der Waals surface area (Å²) in [4.78, 5) is 0. The van der Waals surface area contributed by atoms with Gasteiger partial charge in [-0.1, -0.05) is 12.1 Å². The average molecular weight is 93.9 g/mol. The minimum atomic E-state index is 0.377. The van der Waals surface area contributed by atoms with Gasteiger partial charge in [-0.05, 0) is 0 Å². The van der Waals surface area contributed by atoms with Crippen molar-refractivity contribution in [3.8, 4) is 0 Å². The van der Waals surface area contributed by atoms with Gasteiger partial charge in [0.15, 0.2) is 0 Å². The van der Waals surface area contributed by atoms with Gasteiger partial charge in [-0.3, -0.25) is 0 Å². The van der Waals surface area contributed by atoms with Crippen LogP contribution in [0, 0.1) is 0 Å². The van der Waals surface area contributed by atoms with E-state index in [0.717, 1.165) is 0 Å². The standard InChI is InChI=1S/C5H7BO/c1-4(6)5(2)7-3/h1-2H2,3H3. The fourth-order valence-corrected chi connectivity index (χ4v) is 0.131. The van der Waals surface area contributed by atoms with E-state index in [1.165, 1.54) is 7.11 Å². The normalized spacial score (nSPS) is 7.57. The molecule has 0 atom stereocenters. The lowest BCUT2D eigenvalue weighted by Crippen LogP contribution is -1.86. The molecule has 0 bridgehead atoms. The first kappa shape index (κ1) is 6.34. The van der Waals surface area contributed by atoms with Crippen molar-refractivity contribution in [1.29, 1.82) is 0 Å². The molecular formula is C5H7BO. The maximum Gasteiger partial charge on any atom is 0.118 e. The minimum absolute atomic E-state index is 0.377. The molecule has 0 rings (SSSR count). The minimum Gasteiger partial charge on any atom is -0.498 e. The first-order chi connectivity index (χ1) is 3.18. The van der Waals surface area contributed by atoms with Gasteiger partial charge in [-0.15, -0.1) is 6.58 Å². The molecule has 0 aromatic heterocycles. The SMILES string of the molecule is [B]C(=C)C(=C)OC. The van der Waals surface area contributed by atoms with E-state index in [9.17, 15) is 0 Å². The fraction of sp³-hybridized carbons (Fsp3) is 0.200. The maximum atomic E-state index is 5.13. The Morgan fingerprint density at radius 3 is 2.00 bits per heavy atom. The predicted molar refractivity (Wildman–Crippen MR) is 31.0 cm³/mol. The Bertz CT molecular complexity index is 96.3. The number of allylic oxidation sites excluding steroid dienone is 1. The van der Waals surface area contributed by atoms with Crippen LogP contribution in [0.4, 0.5) is 0 Å². The second kappa shape index (κ2) is 2.51. The molecule has 0 unspecified atom stereocenters. The van der Waals surface area contributed by atoms with Gasteiger partial charge >= 0.3 is 0 Å². The second-order valence-electron chi connectivity index (χ2n) is 1.15. The molecule has 0 aliphatic heterocycles. The quantitative estimate of drug-likeness (QED) is 0.279. The van der Waals surface area contributed by atoms with E-state index in [1.54, 1.807) is 0 Å². The first-order valence-electron chi connectivity index (χ1n) is 1.86. The van der Waals surface area contributed by atoms with Crippen molar-refractivity contribution >= 4 is 7.85 Å². The highest BCUT2D eigenvalue weighted by Crippen LogP contribution is 1.97. The van der Waals surface area contributed by atoms with E-state index in [-0.39, 0.29) is 0 Å². The maximum absolute atomic E-state index is 5.13. The molecule has 0 amide bonds. The molecule has 1 nitrogen and oxygen atoms in total. The van der Waals surface area contributed by atoms with Gasteiger partial charge in [0, 0.05) is 0 Å². The van der Waals surface area contributed by atoms with Crippen LogP contribution in [0.2, 0.25) is 0 Å². The topological polar surface area (TPSA) is 9.23 Å². The zero-order valence-electron chi connectivity index (χ0n) is 4.40. The third kappa shape index (κ3) is 2.09. The highest BCUT2D eigenvalue weighted by atomic mass is 16.5. The Kier molecular flexibility index (Phi) is 2.27. The van der Waals surface area contributed by atoms with Gasteiger partial charge in [-0.2, -0.15) is 0 Å². The summed E-state index contributed by atoms with van der Waals surface area (Å²) in [5, 5.41) is 0. The number of rotatable bonds is 2. The molecule has 0 aromatic carbocycles. The molecular weight excluding hydrogens is 86.9 g/mol. The van der Waals surface area contributed by atoms with Gasteiger partial charge in [-0.25, -0.2) is 0 Å². The summed E-state index contributed by atoms with van der Waals surface area (Å²) in [7, 11) is 6.63.